The highest BCUT2D eigenvalue weighted by Gasteiger charge is 2.24. The fourth-order valence-corrected chi connectivity index (χ4v) is 3.08. The fourth-order valence-electron chi connectivity index (χ4n) is 3.08. The Balaban J connectivity index is 0.00000300. The summed E-state index contributed by atoms with van der Waals surface area (Å²) in [5.41, 5.74) is 1.75. The number of nitrogens with one attached hydrogen (secondary N) is 2. The molecule has 156 valence electrons. The van der Waals surface area contributed by atoms with Crippen molar-refractivity contribution in [2.75, 3.05) is 38.2 Å². The zero-order valence-corrected chi connectivity index (χ0v) is 18.7. The van der Waals surface area contributed by atoms with Gasteiger partial charge in [-0.2, -0.15) is 0 Å². The lowest BCUT2D eigenvalue weighted by Gasteiger charge is -2.29. The van der Waals surface area contributed by atoms with Gasteiger partial charge in [0.05, 0.1) is 5.69 Å². The Morgan fingerprint density at radius 1 is 1.17 bits per heavy atom. The third-order valence-electron chi connectivity index (χ3n) is 4.48. The second-order valence-electron chi connectivity index (χ2n) is 6.46. The third-order valence-corrected chi connectivity index (χ3v) is 4.48. The molecule has 1 aliphatic heterocycles. The van der Waals surface area contributed by atoms with Crippen molar-refractivity contribution < 1.29 is 13.9 Å². The molecule has 2 N–H and O–H groups in total. The van der Waals surface area contributed by atoms with E-state index < -0.39 is 0 Å². The van der Waals surface area contributed by atoms with Gasteiger partial charge in [0.2, 0.25) is 0 Å². The highest BCUT2D eigenvalue weighted by Crippen LogP contribution is 2.31. The minimum atomic E-state index is -0.223. The number of nitrogens with zero attached hydrogens (tertiary/aromatic N) is 2. The molecule has 0 bridgehead atoms. The van der Waals surface area contributed by atoms with Crippen LogP contribution in [0.25, 0.3) is 0 Å². The van der Waals surface area contributed by atoms with Crippen LogP contribution in [0, 0.1) is 5.82 Å². The van der Waals surface area contributed by atoms with E-state index >= 15 is 0 Å². The van der Waals surface area contributed by atoms with Gasteiger partial charge >= 0.3 is 0 Å². The van der Waals surface area contributed by atoms with Crippen molar-refractivity contribution in [3.63, 3.8) is 0 Å². The number of aliphatic imine (C=N–C) groups is 1. The molecular formula is C21H26FIN4O2. The van der Waals surface area contributed by atoms with Crippen molar-refractivity contribution in [1.29, 1.82) is 0 Å². The number of carbonyl (C=O) groups excluding carboxylic acids is 1. The molecule has 6 nitrogen and oxygen atoms in total. The quantitative estimate of drug-likeness (QED) is 0.259. The minimum absolute atomic E-state index is 0. The average Bonchev–Trinajstić information content (AvgIpc) is 2.71. The Kier molecular flexibility index (Phi) is 9.17. The van der Waals surface area contributed by atoms with Crippen molar-refractivity contribution in [3.8, 4) is 5.75 Å². The average molecular weight is 512 g/mol. The van der Waals surface area contributed by atoms with Crippen LogP contribution in [0.5, 0.6) is 5.75 Å². The molecule has 2 aromatic carbocycles. The van der Waals surface area contributed by atoms with Gasteiger partial charge in [0, 0.05) is 26.7 Å². The standard InChI is InChI=1S/C21H25FN4O2.HI/c1-23-21(25-12-10-16-6-4-7-17(22)14-16)24-11-5-13-26-18-8-2-3-9-19(18)28-15-20(26)27;/h2-4,6-9,14H,5,10-13,15H2,1H3,(H2,23,24,25);1H. The van der Waals surface area contributed by atoms with E-state index in [0.717, 1.165) is 23.4 Å². The number of rotatable bonds is 7. The zero-order valence-electron chi connectivity index (χ0n) is 16.4. The molecule has 1 aliphatic rings. The molecule has 0 radical (unpaired) electrons. The fraction of sp³-hybridized carbons (Fsp3) is 0.333. The predicted molar refractivity (Wildman–Crippen MR) is 124 cm³/mol. The number of hydrogen-bond donors (Lipinski definition) is 2. The van der Waals surface area contributed by atoms with Crippen molar-refractivity contribution >= 4 is 41.5 Å². The summed E-state index contributed by atoms with van der Waals surface area (Å²) in [6, 6.07) is 14.2. The van der Waals surface area contributed by atoms with Gasteiger partial charge in [0.1, 0.15) is 11.6 Å². The first-order valence-corrected chi connectivity index (χ1v) is 9.38. The highest BCUT2D eigenvalue weighted by molar-refractivity contribution is 14.0. The van der Waals surface area contributed by atoms with Gasteiger partial charge in [-0.05, 0) is 42.7 Å². The number of halogens is 2. The van der Waals surface area contributed by atoms with Crippen molar-refractivity contribution in [1.82, 2.24) is 10.6 Å². The van der Waals surface area contributed by atoms with E-state index in [0.29, 0.717) is 32.0 Å². The van der Waals surface area contributed by atoms with E-state index in [1.54, 1.807) is 18.0 Å². The Morgan fingerprint density at radius 3 is 2.76 bits per heavy atom. The Labute approximate surface area is 187 Å². The Bertz CT molecular complexity index is 847. The number of anilines is 1. The van der Waals surface area contributed by atoms with E-state index in [9.17, 15) is 9.18 Å². The molecule has 2 aromatic rings. The maximum absolute atomic E-state index is 13.2. The second-order valence-corrected chi connectivity index (χ2v) is 6.46. The largest absolute Gasteiger partial charge is 0.482 e. The SMILES string of the molecule is CN=C(NCCCN1C(=O)COc2ccccc21)NCCc1cccc(F)c1.I. The summed E-state index contributed by atoms with van der Waals surface area (Å²) >= 11 is 0. The lowest BCUT2D eigenvalue weighted by molar-refractivity contribution is -0.121. The van der Waals surface area contributed by atoms with Crippen molar-refractivity contribution in [2.45, 2.75) is 12.8 Å². The molecule has 0 fully saturated rings. The summed E-state index contributed by atoms with van der Waals surface area (Å²) in [5.74, 6) is 1.17. The summed E-state index contributed by atoms with van der Waals surface area (Å²) in [6.07, 6.45) is 1.47. The molecule has 0 saturated carbocycles. The first-order valence-electron chi connectivity index (χ1n) is 9.38. The van der Waals surface area contributed by atoms with Crippen LogP contribution in [-0.2, 0) is 11.2 Å². The van der Waals surface area contributed by atoms with E-state index in [1.165, 1.54) is 12.1 Å². The molecule has 0 unspecified atom stereocenters. The molecule has 1 heterocycles. The van der Waals surface area contributed by atoms with E-state index in [-0.39, 0.29) is 42.3 Å². The Hall–Kier alpha value is -2.36. The minimum Gasteiger partial charge on any atom is -0.482 e. The summed E-state index contributed by atoms with van der Waals surface area (Å²) in [5, 5.41) is 6.46. The van der Waals surface area contributed by atoms with Crippen LogP contribution in [0.15, 0.2) is 53.5 Å². The second kappa shape index (κ2) is 11.6. The number of guanidine groups is 1. The number of carbonyl (C=O) groups is 1. The normalized spacial score (nSPS) is 13.2. The lowest BCUT2D eigenvalue weighted by atomic mass is 10.1. The van der Waals surface area contributed by atoms with Crippen molar-refractivity contribution in [3.05, 3.63) is 59.9 Å². The monoisotopic (exact) mass is 512 g/mol. The summed E-state index contributed by atoms with van der Waals surface area (Å²) < 4.78 is 18.7. The molecule has 0 aliphatic carbocycles. The zero-order chi connectivity index (χ0) is 19.8. The number of para-hydroxylation sites is 2. The van der Waals surface area contributed by atoms with Crippen LogP contribution in [-0.4, -0.2) is 45.2 Å². The van der Waals surface area contributed by atoms with Gasteiger partial charge in [0.25, 0.3) is 5.91 Å². The highest BCUT2D eigenvalue weighted by atomic mass is 127. The van der Waals surface area contributed by atoms with Crippen LogP contribution >= 0.6 is 24.0 Å². The molecular weight excluding hydrogens is 486 g/mol. The molecule has 0 saturated heterocycles. The first-order chi connectivity index (χ1) is 13.7. The van der Waals surface area contributed by atoms with Crippen molar-refractivity contribution in [2.24, 2.45) is 4.99 Å². The van der Waals surface area contributed by atoms with Crippen LogP contribution in [0.3, 0.4) is 0 Å². The van der Waals surface area contributed by atoms with Gasteiger partial charge in [-0.3, -0.25) is 9.79 Å². The van der Waals surface area contributed by atoms with Gasteiger partial charge in [0.15, 0.2) is 12.6 Å². The van der Waals surface area contributed by atoms with Crippen LogP contribution in [0.2, 0.25) is 0 Å². The number of amides is 1. The van der Waals surface area contributed by atoms with Gasteiger partial charge in [-0.1, -0.05) is 24.3 Å². The Morgan fingerprint density at radius 2 is 1.97 bits per heavy atom. The summed E-state index contributed by atoms with van der Waals surface area (Å²) in [7, 11) is 1.71. The molecule has 0 aromatic heterocycles. The van der Waals surface area contributed by atoms with Crippen LogP contribution < -0.4 is 20.3 Å². The first kappa shape index (κ1) is 22.9. The number of benzene rings is 2. The lowest BCUT2D eigenvalue weighted by Crippen LogP contribution is -2.42. The molecule has 29 heavy (non-hydrogen) atoms. The van der Waals surface area contributed by atoms with E-state index in [1.807, 2.05) is 30.3 Å². The maximum atomic E-state index is 13.2. The number of hydrogen-bond acceptors (Lipinski definition) is 3. The molecule has 0 atom stereocenters. The van der Waals surface area contributed by atoms with E-state index in [2.05, 4.69) is 15.6 Å². The van der Waals surface area contributed by atoms with E-state index in [4.69, 9.17) is 4.74 Å². The van der Waals surface area contributed by atoms with Gasteiger partial charge in [-0.15, -0.1) is 24.0 Å². The summed E-state index contributed by atoms with van der Waals surface area (Å²) in [4.78, 5) is 18.1. The molecule has 0 spiro atoms. The smallest absolute Gasteiger partial charge is 0.265 e. The number of fused-ring (bicyclic) bond motifs is 1. The predicted octanol–water partition coefficient (Wildman–Crippen LogP) is 2.97. The summed E-state index contributed by atoms with van der Waals surface area (Å²) in [6.45, 7) is 2.01. The van der Waals surface area contributed by atoms with Gasteiger partial charge in [-0.25, -0.2) is 4.39 Å². The van der Waals surface area contributed by atoms with Crippen LogP contribution in [0.1, 0.15) is 12.0 Å². The van der Waals surface area contributed by atoms with Gasteiger partial charge < -0.3 is 20.3 Å². The molecule has 1 amide bonds. The maximum Gasteiger partial charge on any atom is 0.265 e. The molecule has 8 heteroatoms. The number of ether oxygens (including phenoxy) is 1. The topological polar surface area (TPSA) is 66.0 Å². The molecule has 3 rings (SSSR count). The third kappa shape index (κ3) is 6.59. The van der Waals surface area contributed by atoms with Crippen LogP contribution in [0.4, 0.5) is 10.1 Å².